The van der Waals surface area contributed by atoms with Crippen molar-refractivity contribution >= 4 is 12.0 Å². The molecule has 0 saturated carbocycles. The van der Waals surface area contributed by atoms with E-state index in [1.165, 1.54) is 19.3 Å². The van der Waals surface area contributed by atoms with Gasteiger partial charge in [0.15, 0.2) is 11.5 Å². The van der Waals surface area contributed by atoms with Crippen molar-refractivity contribution in [3.05, 3.63) is 29.8 Å². The van der Waals surface area contributed by atoms with Gasteiger partial charge in [-0.3, -0.25) is 0 Å². The zero-order valence-corrected chi connectivity index (χ0v) is 10.1. The summed E-state index contributed by atoms with van der Waals surface area (Å²) in [7, 11) is 1.47. The van der Waals surface area contributed by atoms with Gasteiger partial charge in [-0.05, 0) is 37.6 Å². The van der Waals surface area contributed by atoms with Crippen LogP contribution in [-0.2, 0) is 9.53 Å². The summed E-state index contributed by atoms with van der Waals surface area (Å²) in [4.78, 5) is 11.3. The van der Waals surface area contributed by atoms with Crippen LogP contribution in [0.15, 0.2) is 24.3 Å². The van der Waals surface area contributed by atoms with E-state index in [2.05, 4.69) is 0 Å². The first-order valence-corrected chi connectivity index (χ1v) is 5.28. The Morgan fingerprint density at radius 2 is 2.12 bits per heavy atom. The summed E-state index contributed by atoms with van der Waals surface area (Å²) in [5.41, 5.74) is 0.750. The standard InChI is InChI=1S/C13H16O4/c1-9(2)17-13(15)7-5-10-4-6-11(14)12(8-10)16-3/h4-9,14H,1-3H3/b7-5+. The Labute approximate surface area is 100 Å². The number of methoxy groups -OCH3 is 1. The lowest BCUT2D eigenvalue weighted by Crippen LogP contribution is -2.08. The zero-order valence-electron chi connectivity index (χ0n) is 10.1. The van der Waals surface area contributed by atoms with Gasteiger partial charge in [0.05, 0.1) is 13.2 Å². The third-order valence-corrected chi connectivity index (χ3v) is 1.97. The Morgan fingerprint density at radius 3 is 2.71 bits per heavy atom. The first-order chi connectivity index (χ1) is 8.02. The molecule has 4 nitrogen and oxygen atoms in total. The van der Waals surface area contributed by atoms with Gasteiger partial charge in [-0.25, -0.2) is 4.79 Å². The van der Waals surface area contributed by atoms with Gasteiger partial charge in [0.2, 0.25) is 0 Å². The van der Waals surface area contributed by atoms with E-state index < -0.39 is 5.97 Å². The van der Waals surface area contributed by atoms with Gasteiger partial charge in [-0.1, -0.05) is 6.07 Å². The first kappa shape index (κ1) is 13.1. The largest absolute Gasteiger partial charge is 0.504 e. The van der Waals surface area contributed by atoms with E-state index in [-0.39, 0.29) is 11.9 Å². The summed E-state index contributed by atoms with van der Waals surface area (Å²) in [5.74, 6) is 0.0332. The quantitative estimate of drug-likeness (QED) is 0.644. The normalized spacial score (nSPS) is 10.8. The number of hydrogen-bond acceptors (Lipinski definition) is 4. The number of aromatic hydroxyl groups is 1. The molecule has 0 bridgehead atoms. The number of esters is 1. The maximum absolute atomic E-state index is 11.3. The molecule has 0 aliphatic rings. The highest BCUT2D eigenvalue weighted by molar-refractivity contribution is 5.87. The number of carbonyl (C=O) groups is 1. The topological polar surface area (TPSA) is 55.8 Å². The molecule has 0 aromatic heterocycles. The molecule has 1 aromatic carbocycles. The summed E-state index contributed by atoms with van der Waals surface area (Å²) in [6, 6.07) is 4.82. The van der Waals surface area contributed by atoms with Crippen LogP contribution in [0.4, 0.5) is 0 Å². The second-order valence-corrected chi connectivity index (χ2v) is 3.75. The minimum Gasteiger partial charge on any atom is -0.504 e. The SMILES string of the molecule is COc1cc(/C=C/C(=O)OC(C)C)ccc1O. The number of ether oxygens (including phenoxy) is 2. The van der Waals surface area contributed by atoms with Crippen LogP contribution in [0.1, 0.15) is 19.4 Å². The fourth-order valence-corrected chi connectivity index (χ4v) is 1.23. The van der Waals surface area contributed by atoms with Gasteiger partial charge in [0.25, 0.3) is 0 Å². The Morgan fingerprint density at radius 1 is 1.41 bits per heavy atom. The van der Waals surface area contributed by atoms with Crippen LogP contribution in [0.3, 0.4) is 0 Å². The fourth-order valence-electron chi connectivity index (χ4n) is 1.23. The van der Waals surface area contributed by atoms with E-state index in [1.807, 2.05) is 0 Å². The molecule has 1 N–H and O–H groups in total. The highest BCUT2D eigenvalue weighted by atomic mass is 16.5. The minimum atomic E-state index is -0.396. The van der Waals surface area contributed by atoms with Gasteiger partial charge in [-0.15, -0.1) is 0 Å². The molecule has 0 fully saturated rings. The number of benzene rings is 1. The predicted molar refractivity (Wildman–Crippen MR) is 64.9 cm³/mol. The van der Waals surface area contributed by atoms with Crippen molar-refractivity contribution in [1.29, 1.82) is 0 Å². The number of phenols is 1. The third-order valence-electron chi connectivity index (χ3n) is 1.97. The van der Waals surface area contributed by atoms with Crippen LogP contribution in [0.2, 0.25) is 0 Å². The number of phenolic OH excluding ortho intramolecular Hbond substituents is 1. The van der Waals surface area contributed by atoms with Crippen LogP contribution in [0.25, 0.3) is 6.08 Å². The second kappa shape index (κ2) is 5.94. The van der Waals surface area contributed by atoms with Gasteiger partial charge >= 0.3 is 5.97 Å². The summed E-state index contributed by atoms with van der Waals surface area (Å²) in [5, 5.41) is 9.39. The van der Waals surface area contributed by atoms with E-state index in [9.17, 15) is 9.90 Å². The van der Waals surface area contributed by atoms with E-state index in [1.54, 1.807) is 32.1 Å². The van der Waals surface area contributed by atoms with E-state index in [0.29, 0.717) is 5.75 Å². The van der Waals surface area contributed by atoms with Crippen LogP contribution < -0.4 is 4.74 Å². The summed E-state index contributed by atoms with van der Waals surface area (Å²) < 4.78 is 9.90. The predicted octanol–water partition coefficient (Wildman–Crippen LogP) is 2.37. The maximum atomic E-state index is 11.3. The average Bonchev–Trinajstić information content (AvgIpc) is 2.27. The molecule has 4 heteroatoms. The minimum absolute atomic E-state index is 0.0643. The summed E-state index contributed by atoms with van der Waals surface area (Å²) >= 11 is 0. The number of carbonyl (C=O) groups excluding carboxylic acids is 1. The molecule has 0 saturated heterocycles. The van der Waals surface area contributed by atoms with Crippen LogP contribution >= 0.6 is 0 Å². The Bertz CT molecular complexity index is 421. The van der Waals surface area contributed by atoms with E-state index in [4.69, 9.17) is 9.47 Å². The van der Waals surface area contributed by atoms with Crippen molar-refractivity contribution in [2.24, 2.45) is 0 Å². The Kier molecular flexibility index (Phi) is 4.57. The maximum Gasteiger partial charge on any atom is 0.331 e. The van der Waals surface area contributed by atoms with Crippen molar-refractivity contribution < 1.29 is 19.4 Å². The van der Waals surface area contributed by atoms with Gasteiger partial charge in [-0.2, -0.15) is 0 Å². The van der Waals surface area contributed by atoms with Crippen molar-refractivity contribution in [3.63, 3.8) is 0 Å². The fraction of sp³-hybridized carbons (Fsp3) is 0.308. The highest BCUT2D eigenvalue weighted by Crippen LogP contribution is 2.26. The Hall–Kier alpha value is -1.97. The molecule has 0 aliphatic heterocycles. The monoisotopic (exact) mass is 236 g/mol. The van der Waals surface area contributed by atoms with Crippen molar-refractivity contribution in [3.8, 4) is 11.5 Å². The number of rotatable bonds is 4. The lowest BCUT2D eigenvalue weighted by Gasteiger charge is -2.05. The molecule has 1 aromatic rings. The molecule has 0 heterocycles. The van der Waals surface area contributed by atoms with Gasteiger partial charge < -0.3 is 14.6 Å². The molecule has 0 radical (unpaired) electrons. The third kappa shape index (κ3) is 4.18. The van der Waals surface area contributed by atoms with Crippen LogP contribution in [0.5, 0.6) is 11.5 Å². The molecule has 0 amide bonds. The lowest BCUT2D eigenvalue weighted by molar-refractivity contribution is -0.141. The molecule has 17 heavy (non-hydrogen) atoms. The van der Waals surface area contributed by atoms with Crippen molar-refractivity contribution in [2.45, 2.75) is 20.0 Å². The second-order valence-electron chi connectivity index (χ2n) is 3.75. The molecular formula is C13H16O4. The molecule has 1 rings (SSSR count). The average molecular weight is 236 g/mol. The molecule has 0 aliphatic carbocycles. The van der Waals surface area contributed by atoms with E-state index in [0.717, 1.165) is 5.56 Å². The Balaban J connectivity index is 2.74. The highest BCUT2D eigenvalue weighted by Gasteiger charge is 2.02. The van der Waals surface area contributed by atoms with Crippen molar-refractivity contribution in [2.75, 3.05) is 7.11 Å². The molecule has 92 valence electrons. The summed E-state index contributed by atoms with van der Waals surface area (Å²) in [6.07, 6.45) is 2.81. The lowest BCUT2D eigenvalue weighted by atomic mass is 10.2. The van der Waals surface area contributed by atoms with Crippen LogP contribution in [0, 0.1) is 0 Å². The van der Waals surface area contributed by atoms with Crippen molar-refractivity contribution in [1.82, 2.24) is 0 Å². The first-order valence-electron chi connectivity index (χ1n) is 5.28. The zero-order chi connectivity index (χ0) is 12.8. The van der Waals surface area contributed by atoms with E-state index >= 15 is 0 Å². The van der Waals surface area contributed by atoms with Gasteiger partial charge in [0.1, 0.15) is 0 Å². The molecule has 0 unspecified atom stereocenters. The molecule has 0 spiro atoms. The molecule has 0 atom stereocenters. The van der Waals surface area contributed by atoms with Crippen LogP contribution in [-0.4, -0.2) is 24.3 Å². The number of hydrogen-bond donors (Lipinski definition) is 1. The van der Waals surface area contributed by atoms with Gasteiger partial charge in [0, 0.05) is 6.08 Å². The summed E-state index contributed by atoms with van der Waals surface area (Å²) in [6.45, 7) is 3.57. The molecular weight excluding hydrogens is 220 g/mol. The smallest absolute Gasteiger partial charge is 0.331 e.